The second-order valence-electron chi connectivity index (χ2n) is 4.36. The molecular weight excluding hydrogens is 344 g/mol. The molecule has 0 saturated heterocycles. The Morgan fingerprint density at radius 1 is 1.30 bits per heavy atom. The SMILES string of the molecule is Cc1ccc(CNc2ccc(Br)cc2[N+](=O)[O-])cc1Cl. The van der Waals surface area contributed by atoms with Gasteiger partial charge in [-0.15, -0.1) is 0 Å². The van der Waals surface area contributed by atoms with Crippen molar-refractivity contribution in [3.8, 4) is 0 Å². The maximum absolute atomic E-state index is 11.0. The van der Waals surface area contributed by atoms with Crippen LogP contribution in [-0.2, 0) is 6.54 Å². The first-order valence-electron chi connectivity index (χ1n) is 5.90. The van der Waals surface area contributed by atoms with E-state index in [-0.39, 0.29) is 5.69 Å². The van der Waals surface area contributed by atoms with Gasteiger partial charge < -0.3 is 5.32 Å². The summed E-state index contributed by atoms with van der Waals surface area (Å²) in [4.78, 5) is 10.6. The van der Waals surface area contributed by atoms with E-state index in [1.807, 2.05) is 25.1 Å². The normalized spacial score (nSPS) is 10.3. The summed E-state index contributed by atoms with van der Waals surface area (Å²) in [5.41, 5.74) is 2.50. The molecule has 0 aliphatic heterocycles. The first-order valence-corrected chi connectivity index (χ1v) is 7.07. The van der Waals surface area contributed by atoms with Crippen molar-refractivity contribution in [2.24, 2.45) is 0 Å². The minimum absolute atomic E-state index is 0.0394. The Morgan fingerprint density at radius 3 is 2.70 bits per heavy atom. The molecular formula is C14H12BrClN2O2. The van der Waals surface area contributed by atoms with Crippen LogP contribution < -0.4 is 5.32 Å². The number of rotatable bonds is 4. The van der Waals surface area contributed by atoms with Gasteiger partial charge in [-0.2, -0.15) is 0 Å². The van der Waals surface area contributed by atoms with E-state index in [0.29, 0.717) is 21.7 Å². The molecule has 4 nitrogen and oxygen atoms in total. The third-order valence-corrected chi connectivity index (χ3v) is 3.78. The molecule has 1 N–H and O–H groups in total. The first kappa shape index (κ1) is 14.8. The molecule has 0 fully saturated rings. The zero-order valence-corrected chi connectivity index (χ0v) is 13.0. The summed E-state index contributed by atoms with van der Waals surface area (Å²) in [6.45, 7) is 2.40. The number of hydrogen-bond acceptors (Lipinski definition) is 3. The zero-order valence-electron chi connectivity index (χ0n) is 10.7. The first-order chi connectivity index (χ1) is 9.47. The molecule has 2 aromatic carbocycles. The molecule has 0 radical (unpaired) electrons. The predicted molar refractivity (Wildman–Crippen MR) is 84.3 cm³/mol. The molecule has 0 bridgehead atoms. The number of nitro benzene ring substituents is 1. The maximum atomic E-state index is 11.0. The Kier molecular flexibility index (Phi) is 4.62. The van der Waals surface area contributed by atoms with Gasteiger partial charge in [0.1, 0.15) is 5.69 Å². The maximum Gasteiger partial charge on any atom is 0.293 e. The van der Waals surface area contributed by atoms with Crippen molar-refractivity contribution in [3.63, 3.8) is 0 Å². The number of hydrogen-bond donors (Lipinski definition) is 1. The van der Waals surface area contributed by atoms with Crippen LogP contribution in [0.1, 0.15) is 11.1 Å². The highest BCUT2D eigenvalue weighted by Gasteiger charge is 2.13. The van der Waals surface area contributed by atoms with E-state index in [9.17, 15) is 10.1 Å². The molecule has 2 aromatic rings. The van der Waals surface area contributed by atoms with E-state index >= 15 is 0 Å². The molecule has 0 aliphatic rings. The summed E-state index contributed by atoms with van der Waals surface area (Å²) >= 11 is 9.28. The number of nitrogens with one attached hydrogen (secondary N) is 1. The molecule has 0 saturated carbocycles. The van der Waals surface area contributed by atoms with Gasteiger partial charge in [-0.05, 0) is 36.2 Å². The summed E-state index contributed by atoms with van der Waals surface area (Å²) in [5, 5.41) is 14.8. The average Bonchev–Trinajstić information content (AvgIpc) is 2.41. The third kappa shape index (κ3) is 3.49. The number of benzene rings is 2. The van der Waals surface area contributed by atoms with Crippen molar-refractivity contribution in [1.29, 1.82) is 0 Å². The molecule has 0 aromatic heterocycles. The van der Waals surface area contributed by atoms with Gasteiger partial charge in [0.25, 0.3) is 5.69 Å². The van der Waals surface area contributed by atoms with Gasteiger partial charge in [0.15, 0.2) is 0 Å². The monoisotopic (exact) mass is 354 g/mol. The molecule has 0 amide bonds. The summed E-state index contributed by atoms with van der Waals surface area (Å²) < 4.78 is 0.674. The van der Waals surface area contributed by atoms with Gasteiger partial charge >= 0.3 is 0 Å². The van der Waals surface area contributed by atoms with Crippen molar-refractivity contribution < 1.29 is 4.92 Å². The largest absolute Gasteiger partial charge is 0.375 e. The lowest BCUT2D eigenvalue weighted by Gasteiger charge is -2.08. The molecule has 20 heavy (non-hydrogen) atoms. The molecule has 2 rings (SSSR count). The molecule has 0 atom stereocenters. The van der Waals surface area contributed by atoms with Gasteiger partial charge in [-0.1, -0.05) is 39.7 Å². The minimum atomic E-state index is -0.408. The van der Waals surface area contributed by atoms with E-state index in [1.165, 1.54) is 6.07 Å². The fraction of sp³-hybridized carbons (Fsp3) is 0.143. The topological polar surface area (TPSA) is 55.2 Å². The van der Waals surface area contributed by atoms with Crippen LogP contribution in [0, 0.1) is 17.0 Å². The van der Waals surface area contributed by atoms with Gasteiger partial charge in [-0.25, -0.2) is 0 Å². The Bertz CT molecular complexity index is 662. The van der Waals surface area contributed by atoms with Gasteiger partial charge in [0, 0.05) is 22.1 Å². The molecule has 0 spiro atoms. The predicted octanol–water partition coefficient (Wildman–Crippen LogP) is 4.93. The lowest BCUT2D eigenvalue weighted by atomic mass is 10.1. The number of nitro groups is 1. The van der Waals surface area contributed by atoms with Crippen LogP contribution in [0.5, 0.6) is 0 Å². The number of halogens is 2. The number of nitrogens with zero attached hydrogens (tertiary/aromatic N) is 1. The average molecular weight is 356 g/mol. The van der Waals surface area contributed by atoms with Crippen LogP contribution in [0.15, 0.2) is 40.9 Å². The third-order valence-electron chi connectivity index (χ3n) is 2.88. The highest BCUT2D eigenvalue weighted by Crippen LogP contribution is 2.28. The summed E-state index contributed by atoms with van der Waals surface area (Å²) in [5.74, 6) is 0. The van der Waals surface area contributed by atoms with E-state index in [4.69, 9.17) is 11.6 Å². The fourth-order valence-corrected chi connectivity index (χ4v) is 2.30. The van der Waals surface area contributed by atoms with Crippen LogP contribution in [-0.4, -0.2) is 4.92 Å². The van der Waals surface area contributed by atoms with E-state index in [1.54, 1.807) is 12.1 Å². The van der Waals surface area contributed by atoms with Crippen molar-refractivity contribution in [2.75, 3.05) is 5.32 Å². The zero-order chi connectivity index (χ0) is 14.7. The molecule has 104 valence electrons. The molecule has 0 aliphatic carbocycles. The molecule has 0 heterocycles. The van der Waals surface area contributed by atoms with Crippen molar-refractivity contribution in [2.45, 2.75) is 13.5 Å². The quantitative estimate of drug-likeness (QED) is 0.625. The van der Waals surface area contributed by atoms with E-state index in [2.05, 4.69) is 21.2 Å². The minimum Gasteiger partial charge on any atom is -0.375 e. The second kappa shape index (κ2) is 6.24. The lowest BCUT2D eigenvalue weighted by molar-refractivity contribution is -0.384. The highest BCUT2D eigenvalue weighted by atomic mass is 79.9. The Hall–Kier alpha value is -1.59. The van der Waals surface area contributed by atoms with E-state index < -0.39 is 4.92 Å². The van der Waals surface area contributed by atoms with Gasteiger partial charge in [0.2, 0.25) is 0 Å². The smallest absolute Gasteiger partial charge is 0.293 e. The lowest BCUT2D eigenvalue weighted by Crippen LogP contribution is -2.02. The van der Waals surface area contributed by atoms with Crippen LogP contribution in [0.3, 0.4) is 0 Å². The summed E-state index contributed by atoms with van der Waals surface area (Å²) in [7, 11) is 0. The standard InChI is InChI=1S/C14H12BrClN2O2/c1-9-2-3-10(6-12(9)16)8-17-13-5-4-11(15)7-14(13)18(19)20/h2-7,17H,8H2,1H3. The van der Waals surface area contributed by atoms with Crippen molar-refractivity contribution >= 4 is 38.9 Å². The molecule has 0 unspecified atom stereocenters. The molecule has 6 heteroatoms. The Balaban J connectivity index is 2.18. The summed E-state index contributed by atoms with van der Waals surface area (Å²) in [6, 6.07) is 10.6. The van der Waals surface area contributed by atoms with E-state index in [0.717, 1.165) is 11.1 Å². The highest BCUT2D eigenvalue weighted by molar-refractivity contribution is 9.10. The van der Waals surface area contributed by atoms with Crippen LogP contribution >= 0.6 is 27.5 Å². The number of anilines is 1. The van der Waals surface area contributed by atoms with Crippen LogP contribution in [0.2, 0.25) is 5.02 Å². The van der Waals surface area contributed by atoms with Gasteiger partial charge in [-0.3, -0.25) is 10.1 Å². The Labute approximate surface area is 130 Å². The second-order valence-corrected chi connectivity index (χ2v) is 5.68. The van der Waals surface area contributed by atoms with Crippen LogP contribution in [0.25, 0.3) is 0 Å². The fourth-order valence-electron chi connectivity index (χ4n) is 1.75. The van der Waals surface area contributed by atoms with Crippen molar-refractivity contribution in [3.05, 3.63) is 67.1 Å². The van der Waals surface area contributed by atoms with Crippen LogP contribution in [0.4, 0.5) is 11.4 Å². The Morgan fingerprint density at radius 2 is 2.05 bits per heavy atom. The summed E-state index contributed by atoms with van der Waals surface area (Å²) in [6.07, 6.45) is 0. The van der Waals surface area contributed by atoms with Gasteiger partial charge in [0.05, 0.1) is 4.92 Å². The van der Waals surface area contributed by atoms with Crippen molar-refractivity contribution in [1.82, 2.24) is 0 Å². The number of aryl methyl sites for hydroxylation is 1.